The molecule has 1 aliphatic carbocycles. The van der Waals surface area contributed by atoms with Gasteiger partial charge in [-0.05, 0) is 114 Å². The molecule has 226 valence electrons. The predicted octanol–water partition coefficient (Wildman–Crippen LogP) is 12.5. The van der Waals surface area contributed by atoms with E-state index in [-0.39, 0.29) is 11.5 Å². The number of allylic oxidation sites excluding steroid dienone is 9. The summed E-state index contributed by atoms with van der Waals surface area (Å²) in [6.45, 7) is 14.4. The summed E-state index contributed by atoms with van der Waals surface area (Å²) in [5.41, 5.74) is 9.50. The van der Waals surface area contributed by atoms with Crippen molar-refractivity contribution in [3.05, 3.63) is 129 Å². The smallest absolute Gasteiger partial charge is 0.166 e. The van der Waals surface area contributed by atoms with Crippen molar-refractivity contribution in [3.63, 3.8) is 0 Å². The van der Waals surface area contributed by atoms with Crippen molar-refractivity contribution in [1.29, 1.82) is 0 Å². The van der Waals surface area contributed by atoms with Gasteiger partial charge < -0.3 is 10.2 Å². The van der Waals surface area contributed by atoms with Crippen molar-refractivity contribution in [2.24, 2.45) is 0 Å². The summed E-state index contributed by atoms with van der Waals surface area (Å²) in [4.78, 5) is 1.07. The van der Waals surface area contributed by atoms with Gasteiger partial charge in [-0.25, -0.2) is 0 Å². The van der Waals surface area contributed by atoms with Gasteiger partial charge in [0.25, 0.3) is 0 Å². The zero-order valence-electron chi connectivity index (χ0n) is 26.8. The average Bonchev–Trinajstić information content (AvgIpc) is 3.43. The van der Waals surface area contributed by atoms with Gasteiger partial charge in [0.1, 0.15) is 0 Å². The minimum Gasteiger partial charge on any atom is -0.504 e. The summed E-state index contributed by atoms with van der Waals surface area (Å²) >= 11 is 1.64. The number of hydrogen-bond donors (Lipinski definition) is 2. The molecule has 0 spiro atoms. The number of phenols is 2. The highest BCUT2D eigenvalue weighted by molar-refractivity contribution is 7.20. The molecule has 2 nitrogen and oxygen atoms in total. The van der Waals surface area contributed by atoms with Crippen LogP contribution >= 0.6 is 11.3 Å². The number of thiophene rings is 1. The quantitative estimate of drug-likeness (QED) is 0.110. The molecule has 1 heterocycles. The van der Waals surface area contributed by atoms with Gasteiger partial charge in [0.2, 0.25) is 0 Å². The molecule has 3 heteroatoms. The second-order valence-corrected chi connectivity index (χ2v) is 12.8. The number of aromatic hydroxyl groups is 2. The molecule has 45 heavy (non-hydrogen) atoms. The third-order valence-electron chi connectivity index (χ3n) is 9.33. The van der Waals surface area contributed by atoms with Gasteiger partial charge in [-0.3, -0.25) is 0 Å². The van der Waals surface area contributed by atoms with Gasteiger partial charge in [-0.15, -0.1) is 11.3 Å². The maximum atomic E-state index is 11.6. The molecule has 1 aliphatic rings. The Balaban J connectivity index is 1.73. The van der Waals surface area contributed by atoms with Crippen LogP contribution in [0, 0.1) is 6.92 Å². The van der Waals surface area contributed by atoms with Crippen LogP contribution in [0.25, 0.3) is 54.9 Å². The Labute approximate surface area is 270 Å². The van der Waals surface area contributed by atoms with Gasteiger partial charge in [-0.2, -0.15) is 0 Å². The molecule has 0 bridgehead atoms. The Morgan fingerprint density at radius 3 is 2.36 bits per heavy atom. The van der Waals surface area contributed by atoms with E-state index in [1.165, 1.54) is 43.8 Å². The molecule has 0 unspecified atom stereocenters. The molecule has 0 saturated heterocycles. The normalized spacial score (nSPS) is 14.7. The van der Waals surface area contributed by atoms with E-state index in [1.807, 2.05) is 26.0 Å². The second-order valence-electron chi connectivity index (χ2n) is 11.8. The van der Waals surface area contributed by atoms with Crippen molar-refractivity contribution >= 4 is 66.3 Å². The first kappa shape index (κ1) is 30.4. The van der Waals surface area contributed by atoms with E-state index in [4.69, 9.17) is 0 Å². The van der Waals surface area contributed by atoms with Gasteiger partial charge in [0.15, 0.2) is 11.5 Å². The minimum absolute atomic E-state index is 0.0614. The van der Waals surface area contributed by atoms with E-state index in [9.17, 15) is 10.2 Å². The van der Waals surface area contributed by atoms with Crippen molar-refractivity contribution in [1.82, 2.24) is 0 Å². The lowest BCUT2D eigenvalue weighted by atomic mass is 9.81. The van der Waals surface area contributed by atoms with E-state index in [0.29, 0.717) is 11.1 Å². The summed E-state index contributed by atoms with van der Waals surface area (Å²) in [7, 11) is 0. The van der Waals surface area contributed by atoms with Crippen LogP contribution in [0.5, 0.6) is 11.5 Å². The van der Waals surface area contributed by atoms with Crippen molar-refractivity contribution in [3.8, 4) is 11.5 Å². The number of rotatable bonds is 7. The number of fused-ring (bicyclic) bond motifs is 4. The Kier molecular flexibility index (Phi) is 8.40. The summed E-state index contributed by atoms with van der Waals surface area (Å²) in [6, 6.07) is 19.7. The van der Waals surface area contributed by atoms with Crippen molar-refractivity contribution in [2.45, 2.75) is 53.9 Å². The molecular weight excluding hydrogens is 569 g/mol. The predicted molar refractivity (Wildman–Crippen MR) is 198 cm³/mol. The maximum Gasteiger partial charge on any atom is 0.166 e. The Bertz CT molecular complexity index is 2160. The fraction of sp³-hybridized carbons (Fsp3) is 0.190. The highest BCUT2D eigenvalue weighted by atomic mass is 32.1. The lowest BCUT2D eigenvalue weighted by Gasteiger charge is -2.24. The van der Waals surface area contributed by atoms with Crippen LogP contribution in [-0.2, 0) is 0 Å². The molecular formula is C42H40O2S. The van der Waals surface area contributed by atoms with Crippen LogP contribution in [0.3, 0.4) is 0 Å². The molecule has 5 aromatic rings. The topological polar surface area (TPSA) is 40.5 Å². The van der Waals surface area contributed by atoms with Crippen LogP contribution in [0.1, 0.15) is 74.1 Å². The van der Waals surface area contributed by atoms with Crippen LogP contribution in [0.15, 0.2) is 102 Å². The van der Waals surface area contributed by atoms with E-state index in [0.717, 1.165) is 50.9 Å². The summed E-state index contributed by atoms with van der Waals surface area (Å²) in [6.07, 6.45) is 15.4. The SMILES string of the molecule is C=Cc1c(/C=C\C)sc2c(/C(C)=C(C)/C(CC)=C(\C3=CC=CCC3)c3cc4ccccc4c4ccccc34)c(O)c(O)c(C)c12. The van der Waals surface area contributed by atoms with E-state index in [2.05, 4.69) is 106 Å². The summed E-state index contributed by atoms with van der Waals surface area (Å²) in [5, 5.41) is 28.7. The molecule has 0 fully saturated rings. The highest BCUT2D eigenvalue weighted by Crippen LogP contribution is 2.50. The summed E-state index contributed by atoms with van der Waals surface area (Å²) < 4.78 is 0.968. The fourth-order valence-corrected chi connectivity index (χ4v) is 8.44. The largest absolute Gasteiger partial charge is 0.504 e. The first-order valence-electron chi connectivity index (χ1n) is 15.8. The third-order valence-corrected chi connectivity index (χ3v) is 10.5. The monoisotopic (exact) mass is 608 g/mol. The molecule has 6 rings (SSSR count). The lowest BCUT2D eigenvalue weighted by Crippen LogP contribution is -2.02. The molecule has 0 radical (unpaired) electrons. The maximum absolute atomic E-state index is 11.6. The minimum atomic E-state index is -0.0690. The molecule has 0 atom stereocenters. The van der Waals surface area contributed by atoms with E-state index in [1.54, 1.807) is 11.3 Å². The zero-order valence-corrected chi connectivity index (χ0v) is 27.6. The van der Waals surface area contributed by atoms with Crippen LogP contribution in [-0.4, -0.2) is 10.2 Å². The number of benzene rings is 4. The van der Waals surface area contributed by atoms with Crippen LogP contribution < -0.4 is 0 Å². The summed E-state index contributed by atoms with van der Waals surface area (Å²) in [5.74, 6) is -0.130. The van der Waals surface area contributed by atoms with Crippen molar-refractivity contribution < 1.29 is 10.2 Å². The second kappa shape index (κ2) is 12.4. The Morgan fingerprint density at radius 1 is 0.978 bits per heavy atom. The lowest BCUT2D eigenvalue weighted by molar-refractivity contribution is 0.401. The first-order chi connectivity index (χ1) is 21.8. The number of phenolic OH excluding ortho intramolecular Hbond substituents is 2. The van der Waals surface area contributed by atoms with E-state index >= 15 is 0 Å². The third kappa shape index (κ3) is 5.06. The highest BCUT2D eigenvalue weighted by Gasteiger charge is 2.25. The molecule has 2 N–H and O–H groups in total. The van der Waals surface area contributed by atoms with E-state index < -0.39 is 0 Å². The van der Waals surface area contributed by atoms with Crippen LogP contribution in [0.4, 0.5) is 0 Å². The number of hydrogen-bond acceptors (Lipinski definition) is 3. The molecule has 0 saturated carbocycles. The first-order valence-corrected chi connectivity index (χ1v) is 16.6. The van der Waals surface area contributed by atoms with Gasteiger partial charge >= 0.3 is 0 Å². The van der Waals surface area contributed by atoms with Gasteiger partial charge in [-0.1, -0.05) is 92.4 Å². The molecule has 1 aromatic heterocycles. The number of aryl methyl sites for hydroxylation is 1. The van der Waals surface area contributed by atoms with Crippen LogP contribution in [0.2, 0.25) is 0 Å². The fourth-order valence-electron chi connectivity index (χ4n) is 7.00. The zero-order chi connectivity index (χ0) is 31.8. The Morgan fingerprint density at radius 2 is 1.69 bits per heavy atom. The standard InChI is InChI=1S/C42H40O2S/c1-7-17-36-31(9-3)37-27(6)40(43)41(44)38(42(37)45-36)26(5)25(4)30(8-2)39(28-18-11-10-12-19-28)35-24-29-20-13-14-21-32(29)33-22-15-16-23-34(33)35/h7,9-11,13-18,20-24,43-44H,3,8,12,19H2,1-2,4-6H3/b17-7-,26-25+,39-30+. The molecule has 0 aliphatic heterocycles. The van der Waals surface area contributed by atoms with Crippen molar-refractivity contribution in [2.75, 3.05) is 0 Å². The molecule has 4 aromatic carbocycles. The van der Waals surface area contributed by atoms with Gasteiger partial charge in [0, 0.05) is 31.7 Å². The Hall–Kier alpha value is -4.60. The average molecular weight is 609 g/mol. The van der Waals surface area contributed by atoms with Gasteiger partial charge in [0.05, 0.1) is 0 Å². The molecule has 0 amide bonds.